The maximum absolute atomic E-state index is 6.20. The highest BCUT2D eigenvalue weighted by Crippen LogP contribution is 2.34. The highest BCUT2D eigenvalue weighted by Gasteiger charge is 2.12. The molecular weight excluding hydrogens is 250 g/mol. The van der Waals surface area contributed by atoms with Gasteiger partial charge in [0.15, 0.2) is 0 Å². The van der Waals surface area contributed by atoms with Gasteiger partial charge in [0, 0.05) is 11.5 Å². The molecule has 1 aromatic carbocycles. The minimum Gasteiger partial charge on any atom is -0.497 e. The van der Waals surface area contributed by atoms with Gasteiger partial charge in [-0.1, -0.05) is 25.4 Å². The number of pyridine rings is 1. The summed E-state index contributed by atoms with van der Waals surface area (Å²) in [5, 5.41) is 1.50. The van der Waals surface area contributed by atoms with Crippen molar-refractivity contribution in [3.05, 3.63) is 28.9 Å². The number of benzene rings is 1. The first kappa shape index (κ1) is 13.0. The summed E-state index contributed by atoms with van der Waals surface area (Å²) in [4.78, 5) is 4.43. The molecule has 0 spiro atoms. The fourth-order valence-electron chi connectivity index (χ4n) is 1.90. The summed E-state index contributed by atoms with van der Waals surface area (Å²) in [5.74, 6) is 1.74. The van der Waals surface area contributed by atoms with Crippen molar-refractivity contribution in [2.24, 2.45) is 0 Å². The molecule has 2 aromatic rings. The second-order valence-corrected chi connectivity index (χ2v) is 4.78. The second kappa shape index (κ2) is 5.02. The van der Waals surface area contributed by atoms with E-state index in [0.29, 0.717) is 16.8 Å². The van der Waals surface area contributed by atoms with Crippen LogP contribution in [-0.4, -0.2) is 19.2 Å². The number of ether oxygens (including phenoxy) is 2. The average molecular weight is 266 g/mol. The van der Waals surface area contributed by atoms with Gasteiger partial charge < -0.3 is 9.47 Å². The highest BCUT2D eigenvalue weighted by atomic mass is 35.5. The molecule has 0 N–H and O–H groups in total. The number of rotatable bonds is 3. The van der Waals surface area contributed by atoms with Gasteiger partial charge in [0.05, 0.1) is 14.2 Å². The van der Waals surface area contributed by atoms with Crippen molar-refractivity contribution in [2.75, 3.05) is 14.2 Å². The summed E-state index contributed by atoms with van der Waals surface area (Å²) in [7, 11) is 3.24. The lowest BCUT2D eigenvalue weighted by atomic mass is 10.0. The van der Waals surface area contributed by atoms with Gasteiger partial charge >= 0.3 is 0 Å². The second-order valence-electron chi connectivity index (χ2n) is 4.42. The molecule has 0 aliphatic rings. The molecule has 0 bridgehead atoms. The van der Waals surface area contributed by atoms with Gasteiger partial charge in [-0.05, 0) is 23.6 Å². The SMILES string of the molecule is COc1cc(OC)c2nc(Cl)c(C(C)C)cc2c1. The van der Waals surface area contributed by atoms with E-state index in [1.165, 1.54) is 0 Å². The molecule has 0 fully saturated rings. The summed E-state index contributed by atoms with van der Waals surface area (Å²) >= 11 is 6.20. The molecular formula is C14H16ClNO2. The van der Waals surface area contributed by atoms with Crippen molar-refractivity contribution in [1.29, 1.82) is 0 Å². The fraction of sp³-hybridized carbons (Fsp3) is 0.357. The normalized spacial score (nSPS) is 11.0. The number of fused-ring (bicyclic) bond motifs is 1. The molecule has 96 valence electrons. The van der Waals surface area contributed by atoms with Crippen LogP contribution in [0.3, 0.4) is 0 Å². The smallest absolute Gasteiger partial charge is 0.148 e. The number of hydrogen-bond donors (Lipinski definition) is 0. The van der Waals surface area contributed by atoms with Gasteiger partial charge in [-0.2, -0.15) is 0 Å². The lowest BCUT2D eigenvalue weighted by Gasteiger charge is -2.12. The van der Waals surface area contributed by atoms with Crippen LogP contribution in [0.25, 0.3) is 10.9 Å². The van der Waals surface area contributed by atoms with Gasteiger partial charge in [-0.25, -0.2) is 4.98 Å². The van der Waals surface area contributed by atoms with Crippen molar-refractivity contribution < 1.29 is 9.47 Å². The summed E-state index contributed by atoms with van der Waals surface area (Å²) in [6.45, 7) is 4.18. The summed E-state index contributed by atoms with van der Waals surface area (Å²) < 4.78 is 10.6. The third-order valence-electron chi connectivity index (χ3n) is 2.91. The van der Waals surface area contributed by atoms with Gasteiger partial charge in [0.25, 0.3) is 0 Å². The molecule has 0 unspecified atom stereocenters. The van der Waals surface area contributed by atoms with Crippen LogP contribution < -0.4 is 9.47 Å². The van der Waals surface area contributed by atoms with Gasteiger partial charge in [0.2, 0.25) is 0 Å². The molecule has 1 heterocycles. The lowest BCUT2D eigenvalue weighted by molar-refractivity contribution is 0.397. The van der Waals surface area contributed by atoms with Gasteiger partial charge in [0.1, 0.15) is 22.2 Å². The predicted octanol–water partition coefficient (Wildman–Crippen LogP) is 4.03. The van der Waals surface area contributed by atoms with E-state index in [2.05, 4.69) is 18.8 Å². The molecule has 0 saturated heterocycles. The monoisotopic (exact) mass is 265 g/mol. The number of halogens is 1. The molecule has 0 aliphatic carbocycles. The van der Waals surface area contributed by atoms with Gasteiger partial charge in [-0.3, -0.25) is 0 Å². The van der Waals surface area contributed by atoms with E-state index in [4.69, 9.17) is 21.1 Å². The predicted molar refractivity (Wildman–Crippen MR) is 73.9 cm³/mol. The average Bonchev–Trinajstić information content (AvgIpc) is 2.36. The molecule has 0 amide bonds. The van der Waals surface area contributed by atoms with Crippen LogP contribution >= 0.6 is 11.6 Å². The quantitative estimate of drug-likeness (QED) is 0.785. The van der Waals surface area contributed by atoms with Crippen LogP contribution in [0.15, 0.2) is 18.2 Å². The Bertz CT molecular complexity index is 582. The summed E-state index contributed by atoms with van der Waals surface area (Å²) in [6, 6.07) is 5.79. The zero-order valence-corrected chi connectivity index (χ0v) is 11.7. The Labute approximate surface area is 112 Å². The van der Waals surface area contributed by atoms with Crippen molar-refractivity contribution in [1.82, 2.24) is 4.98 Å². The number of nitrogens with zero attached hydrogens (tertiary/aromatic N) is 1. The van der Waals surface area contributed by atoms with E-state index in [1.807, 2.05) is 12.1 Å². The van der Waals surface area contributed by atoms with Crippen molar-refractivity contribution in [3.8, 4) is 11.5 Å². The van der Waals surface area contributed by atoms with E-state index in [9.17, 15) is 0 Å². The van der Waals surface area contributed by atoms with Crippen molar-refractivity contribution >= 4 is 22.5 Å². The zero-order chi connectivity index (χ0) is 13.3. The maximum Gasteiger partial charge on any atom is 0.148 e. The Morgan fingerprint density at radius 1 is 1.11 bits per heavy atom. The van der Waals surface area contributed by atoms with Crippen LogP contribution in [0.2, 0.25) is 5.15 Å². The standard InChI is InChI=1S/C14H16ClNO2/c1-8(2)11-6-9-5-10(17-3)7-12(18-4)13(9)16-14(11)15/h5-8H,1-4H3. The number of aromatic nitrogens is 1. The van der Waals surface area contributed by atoms with E-state index < -0.39 is 0 Å². The van der Waals surface area contributed by atoms with Crippen LogP contribution in [-0.2, 0) is 0 Å². The molecule has 0 saturated carbocycles. The van der Waals surface area contributed by atoms with Crippen LogP contribution in [0.1, 0.15) is 25.3 Å². The highest BCUT2D eigenvalue weighted by molar-refractivity contribution is 6.30. The van der Waals surface area contributed by atoms with Crippen LogP contribution in [0.5, 0.6) is 11.5 Å². The fourth-order valence-corrected chi connectivity index (χ4v) is 2.26. The summed E-state index contributed by atoms with van der Waals surface area (Å²) in [5.41, 5.74) is 1.78. The molecule has 0 aliphatic heterocycles. The van der Waals surface area contributed by atoms with Crippen LogP contribution in [0, 0.1) is 0 Å². The van der Waals surface area contributed by atoms with Crippen LogP contribution in [0.4, 0.5) is 0 Å². The third kappa shape index (κ3) is 2.23. The topological polar surface area (TPSA) is 31.4 Å². The largest absolute Gasteiger partial charge is 0.497 e. The van der Waals surface area contributed by atoms with E-state index in [0.717, 1.165) is 22.2 Å². The zero-order valence-electron chi connectivity index (χ0n) is 11.0. The first-order valence-corrected chi connectivity index (χ1v) is 6.16. The molecule has 2 rings (SSSR count). The molecule has 4 heteroatoms. The van der Waals surface area contributed by atoms with E-state index in [1.54, 1.807) is 20.3 Å². The Hall–Kier alpha value is -1.48. The lowest BCUT2D eigenvalue weighted by Crippen LogP contribution is -1.96. The molecule has 18 heavy (non-hydrogen) atoms. The first-order valence-electron chi connectivity index (χ1n) is 5.79. The molecule has 0 radical (unpaired) electrons. The van der Waals surface area contributed by atoms with Crippen molar-refractivity contribution in [2.45, 2.75) is 19.8 Å². The molecule has 1 aromatic heterocycles. The first-order chi connectivity index (χ1) is 8.56. The Morgan fingerprint density at radius 3 is 2.39 bits per heavy atom. The molecule has 0 atom stereocenters. The number of hydrogen-bond acceptors (Lipinski definition) is 3. The third-order valence-corrected chi connectivity index (χ3v) is 3.22. The Balaban J connectivity index is 2.75. The Kier molecular flexibility index (Phi) is 3.62. The van der Waals surface area contributed by atoms with Crippen molar-refractivity contribution in [3.63, 3.8) is 0 Å². The Morgan fingerprint density at radius 2 is 1.83 bits per heavy atom. The number of methoxy groups -OCH3 is 2. The molecule has 3 nitrogen and oxygen atoms in total. The van der Waals surface area contributed by atoms with E-state index >= 15 is 0 Å². The van der Waals surface area contributed by atoms with Gasteiger partial charge in [-0.15, -0.1) is 0 Å². The summed E-state index contributed by atoms with van der Waals surface area (Å²) in [6.07, 6.45) is 0. The minimum absolute atomic E-state index is 0.326. The maximum atomic E-state index is 6.20. The minimum atomic E-state index is 0.326. The van der Waals surface area contributed by atoms with E-state index in [-0.39, 0.29) is 0 Å².